The first-order valence-electron chi connectivity index (χ1n) is 6.17. The lowest BCUT2D eigenvalue weighted by Gasteiger charge is -2.12. The lowest BCUT2D eigenvalue weighted by atomic mass is 10.1. The van der Waals surface area contributed by atoms with E-state index in [-0.39, 0.29) is 5.82 Å². The Hall–Kier alpha value is -2.01. The molecule has 0 radical (unpaired) electrons. The van der Waals surface area contributed by atoms with Gasteiger partial charge in [0.15, 0.2) is 5.82 Å². The number of rotatable bonds is 3. The van der Waals surface area contributed by atoms with Crippen LogP contribution in [0.4, 0.5) is 10.2 Å². The molecule has 2 rings (SSSR count). The maximum absolute atomic E-state index is 13.4. The standard InChI is InChI=1S/C14H17FN4/c1-4-12-9(3)13(19-16)18-14(17-12)11-7-10(15)6-5-8(11)2/h5-7H,4,16H2,1-3H3,(H,17,18,19). The van der Waals surface area contributed by atoms with Crippen molar-refractivity contribution in [1.29, 1.82) is 0 Å². The summed E-state index contributed by atoms with van der Waals surface area (Å²) in [4.78, 5) is 8.86. The summed E-state index contributed by atoms with van der Waals surface area (Å²) < 4.78 is 13.4. The molecule has 0 amide bonds. The molecule has 0 aliphatic carbocycles. The number of nitrogens with two attached hydrogens (primary N) is 1. The quantitative estimate of drug-likeness (QED) is 0.658. The van der Waals surface area contributed by atoms with Gasteiger partial charge in [-0.2, -0.15) is 0 Å². The zero-order valence-corrected chi connectivity index (χ0v) is 11.3. The Morgan fingerprint density at radius 2 is 2.00 bits per heavy atom. The molecule has 0 aliphatic rings. The van der Waals surface area contributed by atoms with Gasteiger partial charge in [-0.25, -0.2) is 20.2 Å². The molecule has 0 aliphatic heterocycles. The molecule has 100 valence electrons. The second-order valence-electron chi connectivity index (χ2n) is 4.42. The van der Waals surface area contributed by atoms with E-state index in [0.717, 1.165) is 23.2 Å². The van der Waals surface area contributed by atoms with Crippen LogP contribution in [0.2, 0.25) is 0 Å². The van der Waals surface area contributed by atoms with Crippen LogP contribution < -0.4 is 11.3 Å². The van der Waals surface area contributed by atoms with Crippen LogP contribution >= 0.6 is 0 Å². The Kier molecular flexibility index (Phi) is 3.76. The van der Waals surface area contributed by atoms with Gasteiger partial charge in [0.1, 0.15) is 11.6 Å². The van der Waals surface area contributed by atoms with E-state index in [1.54, 1.807) is 6.07 Å². The lowest BCUT2D eigenvalue weighted by molar-refractivity contribution is 0.627. The molecule has 1 aromatic carbocycles. The molecular weight excluding hydrogens is 243 g/mol. The highest BCUT2D eigenvalue weighted by Gasteiger charge is 2.12. The van der Waals surface area contributed by atoms with Crippen molar-refractivity contribution in [3.05, 3.63) is 40.8 Å². The van der Waals surface area contributed by atoms with E-state index < -0.39 is 0 Å². The van der Waals surface area contributed by atoms with E-state index in [9.17, 15) is 4.39 Å². The average molecular weight is 260 g/mol. The van der Waals surface area contributed by atoms with E-state index in [2.05, 4.69) is 15.4 Å². The molecule has 0 atom stereocenters. The molecule has 0 unspecified atom stereocenters. The number of hydrogen-bond acceptors (Lipinski definition) is 4. The van der Waals surface area contributed by atoms with Gasteiger partial charge in [-0.1, -0.05) is 13.0 Å². The number of nitrogens with zero attached hydrogens (tertiary/aromatic N) is 2. The first-order chi connectivity index (χ1) is 9.06. The van der Waals surface area contributed by atoms with Gasteiger partial charge in [-0.15, -0.1) is 0 Å². The highest BCUT2D eigenvalue weighted by Crippen LogP contribution is 2.25. The summed E-state index contributed by atoms with van der Waals surface area (Å²) in [5, 5.41) is 0. The number of hydrazine groups is 1. The number of aryl methyl sites for hydroxylation is 2. The number of nitrogens with one attached hydrogen (secondary N) is 1. The maximum atomic E-state index is 13.4. The lowest BCUT2D eigenvalue weighted by Crippen LogP contribution is -2.13. The van der Waals surface area contributed by atoms with Crippen molar-refractivity contribution >= 4 is 5.82 Å². The third kappa shape index (κ3) is 2.56. The molecule has 4 nitrogen and oxygen atoms in total. The van der Waals surface area contributed by atoms with E-state index in [4.69, 9.17) is 5.84 Å². The minimum atomic E-state index is -0.301. The normalized spacial score (nSPS) is 10.6. The Morgan fingerprint density at radius 3 is 2.63 bits per heavy atom. The summed E-state index contributed by atoms with van der Waals surface area (Å²) >= 11 is 0. The van der Waals surface area contributed by atoms with E-state index in [1.165, 1.54) is 12.1 Å². The van der Waals surface area contributed by atoms with Gasteiger partial charge in [-0.05, 0) is 38.0 Å². The summed E-state index contributed by atoms with van der Waals surface area (Å²) in [7, 11) is 0. The molecule has 5 heteroatoms. The van der Waals surface area contributed by atoms with Crippen molar-refractivity contribution in [2.75, 3.05) is 5.43 Å². The van der Waals surface area contributed by atoms with E-state index in [0.29, 0.717) is 17.2 Å². The van der Waals surface area contributed by atoms with Crippen molar-refractivity contribution < 1.29 is 4.39 Å². The van der Waals surface area contributed by atoms with Gasteiger partial charge in [-0.3, -0.25) is 0 Å². The second-order valence-corrected chi connectivity index (χ2v) is 4.42. The smallest absolute Gasteiger partial charge is 0.162 e. The summed E-state index contributed by atoms with van der Waals surface area (Å²) in [6, 6.07) is 4.59. The molecule has 1 aromatic heterocycles. The van der Waals surface area contributed by atoms with E-state index >= 15 is 0 Å². The van der Waals surface area contributed by atoms with Crippen molar-refractivity contribution in [3.63, 3.8) is 0 Å². The van der Waals surface area contributed by atoms with Crippen molar-refractivity contribution in [2.24, 2.45) is 5.84 Å². The highest BCUT2D eigenvalue weighted by molar-refractivity contribution is 5.63. The predicted octanol–water partition coefficient (Wildman–Crippen LogP) is 2.75. The number of anilines is 1. The molecule has 0 saturated heterocycles. The highest BCUT2D eigenvalue weighted by atomic mass is 19.1. The average Bonchev–Trinajstić information content (AvgIpc) is 2.42. The van der Waals surface area contributed by atoms with Gasteiger partial charge in [0.25, 0.3) is 0 Å². The van der Waals surface area contributed by atoms with Gasteiger partial charge in [0, 0.05) is 16.8 Å². The molecule has 0 saturated carbocycles. The van der Waals surface area contributed by atoms with Crippen molar-refractivity contribution in [3.8, 4) is 11.4 Å². The van der Waals surface area contributed by atoms with Crippen molar-refractivity contribution in [1.82, 2.24) is 9.97 Å². The van der Waals surface area contributed by atoms with Gasteiger partial charge >= 0.3 is 0 Å². The van der Waals surface area contributed by atoms with Crippen LogP contribution in [0.15, 0.2) is 18.2 Å². The predicted molar refractivity (Wildman–Crippen MR) is 74.1 cm³/mol. The van der Waals surface area contributed by atoms with Gasteiger partial charge < -0.3 is 5.43 Å². The SMILES string of the molecule is CCc1nc(-c2cc(F)ccc2C)nc(NN)c1C. The zero-order chi connectivity index (χ0) is 14.0. The van der Waals surface area contributed by atoms with Crippen LogP contribution in [0.5, 0.6) is 0 Å². The van der Waals surface area contributed by atoms with Crippen LogP contribution in [0.25, 0.3) is 11.4 Å². The molecule has 0 spiro atoms. The van der Waals surface area contributed by atoms with Gasteiger partial charge in [0.05, 0.1) is 0 Å². The Balaban J connectivity index is 2.65. The van der Waals surface area contributed by atoms with E-state index in [1.807, 2.05) is 20.8 Å². The molecular formula is C14H17FN4. The summed E-state index contributed by atoms with van der Waals surface area (Å²) in [6.45, 7) is 5.83. The third-order valence-electron chi connectivity index (χ3n) is 3.16. The van der Waals surface area contributed by atoms with Crippen LogP contribution in [-0.4, -0.2) is 9.97 Å². The molecule has 1 heterocycles. The fourth-order valence-corrected chi connectivity index (χ4v) is 2.00. The monoisotopic (exact) mass is 260 g/mol. The second kappa shape index (κ2) is 5.32. The fraction of sp³-hybridized carbons (Fsp3) is 0.286. The summed E-state index contributed by atoms with van der Waals surface area (Å²) in [5.74, 6) is 6.24. The maximum Gasteiger partial charge on any atom is 0.162 e. The fourth-order valence-electron chi connectivity index (χ4n) is 2.00. The topological polar surface area (TPSA) is 63.8 Å². The third-order valence-corrected chi connectivity index (χ3v) is 3.16. The molecule has 0 bridgehead atoms. The number of hydrogen-bond donors (Lipinski definition) is 2. The van der Waals surface area contributed by atoms with Crippen LogP contribution in [0.1, 0.15) is 23.7 Å². The van der Waals surface area contributed by atoms with Crippen LogP contribution in [-0.2, 0) is 6.42 Å². The Morgan fingerprint density at radius 1 is 1.26 bits per heavy atom. The summed E-state index contributed by atoms with van der Waals surface area (Å²) in [5.41, 5.74) is 6.01. The molecule has 2 aromatic rings. The molecule has 19 heavy (non-hydrogen) atoms. The minimum absolute atomic E-state index is 0.301. The number of nitrogen functional groups attached to an aromatic ring is 1. The first kappa shape index (κ1) is 13.4. The number of benzene rings is 1. The Labute approximate surface area is 111 Å². The number of halogens is 1. The zero-order valence-electron chi connectivity index (χ0n) is 11.3. The first-order valence-corrected chi connectivity index (χ1v) is 6.17. The van der Waals surface area contributed by atoms with Crippen LogP contribution in [0, 0.1) is 19.7 Å². The number of aromatic nitrogens is 2. The molecule has 0 fully saturated rings. The molecule has 3 N–H and O–H groups in total. The van der Waals surface area contributed by atoms with Gasteiger partial charge in [0.2, 0.25) is 0 Å². The summed E-state index contributed by atoms with van der Waals surface area (Å²) in [6.07, 6.45) is 0.768. The van der Waals surface area contributed by atoms with Crippen molar-refractivity contribution in [2.45, 2.75) is 27.2 Å². The minimum Gasteiger partial charge on any atom is -0.308 e. The Bertz CT molecular complexity index is 585. The van der Waals surface area contributed by atoms with Crippen LogP contribution in [0.3, 0.4) is 0 Å². The largest absolute Gasteiger partial charge is 0.308 e.